The largest absolute Gasteiger partial charge is 0.495 e. The second-order valence-electron chi connectivity index (χ2n) is 14.4. The molecule has 1 aromatic rings. The lowest BCUT2D eigenvalue weighted by Crippen LogP contribution is -2.63. The maximum Gasteiger partial charge on any atom is 0.409 e. The molecule has 0 unspecified atom stereocenters. The number of anilines is 1. The summed E-state index contributed by atoms with van der Waals surface area (Å²) < 4.78 is 71.6. The van der Waals surface area contributed by atoms with Crippen LogP contribution in [0.4, 0.5) is 23.7 Å². The third kappa shape index (κ3) is 10.4. The lowest BCUT2D eigenvalue weighted by Gasteiger charge is -2.42. The summed E-state index contributed by atoms with van der Waals surface area (Å²) in [5, 5.41) is 14.4. The fourth-order valence-electron chi connectivity index (χ4n) is 7.12. The Morgan fingerprint density at radius 2 is 1.96 bits per heavy atom. The first-order valence-electron chi connectivity index (χ1n) is 17.7. The minimum Gasteiger partial charge on any atom is -0.495 e. The van der Waals surface area contributed by atoms with Crippen molar-refractivity contribution in [3.05, 3.63) is 46.5 Å². The summed E-state index contributed by atoms with van der Waals surface area (Å²) in [5.74, 6) is -1.63. The van der Waals surface area contributed by atoms with E-state index in [0.717, 1.165) is 16.0 Å². The van der Waals surface area contributed by atoms with Crippen molar-refractivity contribution in [3.8, 4) is 5.75 Å². The van der Waals surface area contributed by atoms with E-state index in [4.69, 9.17) is 35.3 Å². The van der Waals surface area contributed by atoms with Crippen LogP contribution in [0.3, 0.4) is 0 Å². The zero-order valence-electron chi connectivity index (χ0n) is 32.4. The van der Waals surface area contributed by atoms with E-state index >= 15 is 0 Å². The summed E-state index contributed by atoms with van der Waals surface area (Å²) in [7, 11) is 8.20. The Labute approximate surface area is 333 Å². The highest BCUT2D eigenvalue weighted by atomic mass is 35.5. The van der Waals surface area contributed by atoms with Gasteiger partial charge in [0, 0.05) is 32.2 Å². The van der Waals surface area contributed by atoms with Crippen LogP contribution >= 0.6 is 33.2 Å². The summed E-state index contributed by atoms with van der Waals surface area (Å²) in [6, 6.07) is 0.187. The Hall–Kier alpha value is -2.67. The zero-order valence-corrected chi connectivity index (χ0v) is 34.8. The molecule has 0 radical (unpaired) electrons. The standard InChI is InChI=1S/C37H51ClF3N3O9S2/c1-20-11-10-12-28(50-8)36(48)19-26(51-34(47)42-36)21(2)32-35(4,53-32)29(18-30(45)44(6)24-16-23(15-20)17-25(49-7)31(24)38)52-33(46)22(3)43(5)27(37(39,40)41)13-14-55-54-9/h10-12,16-17,21-22,26-29,32,48H,13-15,18-19H2,1-9H3,(H,42,47)/b12-10+,20-11+/t21-,22+,26+,27-,28-,29+,32+,35+,36+/m1/s1. The van der Waals surface area contributed by atoms with Crippen LogP contribution in [-0.4, -0.2) is 122 Å². The average Bonchev–Trinajstić information content (AvgIpc) is 3.81. The predicted molar refractivity (Wildman–Crippen MR) is 206 cm³/mol. The number of carbonyl (C=O) groups excluding carboxylic acids is 3. The molecule has 0 aromatic heterocycles. The van der Waals surface area contributed by atoms with Crippen LogP contribution in [0, 0.1) is 5.92 Å². The SMILES string of the molecule is COc1cc2cc(c1Cl)N(C)C(=O)C[C@H](OC(=O)[C@H](C)N(C)[C@H](CCSSC)C(F)(F)F)[C@]1(C)O[C@H]1[C@H](C)[C@@H]1C[C@@](O)(NC(=O)O1)[C@H](OC)/C=C/C=C(\C)C2. The number of nitrogens with zero attached hydrogens (tertiary/aromatic N) is 2. The molecule has 55 heavy (non-hydrogen) atoms. The van der Waals surface area contributed by atoms with Gasteiger partial charge in [-0.15, -0.1) is 0 Å². The fraction of sp³-hybridized carbons (Fsp3) is 0.649. The van der Waals surface area contributed by atoms with E-state index in [0.29, 0.717) is 17.9 Å². The zero-order chi connectivity index (χ0) is 41.0. The summed E-state index contributed by atoms with van der Waals surface area (Å²) in [6.45, 7) is 6.56. The van der Waals surface area contributed by atoms with Gasteiger partial charge in [0.15, 0.2) is 5.72 Å². The Bertz CT molecular complexity index is 1640. The van der Waals surface area contributed by atoms with E-state index < -0.39 is 84.3 Å². The number of nitrogens with one attached hydrogen (secondary N) is 1. The number of rotatable bonds is 10. The number of halogens is 4. The molecule has 0 spiro atoms. The number of alkyl halides is 3. The minimum atomic E-state index is -4.62. The average molecular weight is 838 g/mol. The van der Waals surface area contributed by atoms with Crippen LogP contribution in [0.1, 0.15) is 52.5 Å². The highest BCUT2D eigenvalue weighted by molar-refractivity contribution is 8.76. The predicted octanol–water partition coefficient (Wildman–Crippen LogP) is 6.32. The number of hydrogen-bond donors (Lipinski definition) is 2. The van der Waals surface area contributed by atoms with Crippen molar-refractivity contribution in [2.24, 2.45) is 5.92 Å². The van der Waals surface area contributed by atoms with Crippen LogP contribution in [0.2, 0.25) is 5.02 Å². The number of esters is 1. The number of hydrogen-bond acceptors (Lipinski definition) is 12. The normalized spacial score (nSPS) is 31.7. The molecule has 2 fully saturated rings. The first-order chi connectivity index (χ1) is 25.7. The number of carbonyl (C=O) groups is 3. The maximum absolute atomic E-state index is 14.2. The molecule has 3 aliphatic rings. The molecule has 2 amide bonds. The summed E-state index contributed by atoms with van der Waals surface area (Å²) in [6.07, 6.45) is -3.01. The Balaban J connectivity index is 1.76. The van der Waals surface area contributed by atoms with Crippen LogP contribution in [-0.2, 0) is 35.0 Å². The van der Waals surface area contributed by atoms with Crippen molar-refractivity contribution < 1.29 is 56.3 Å². The second kappa shape index (κ2) is 18.3. The third-order valence-corrected chi connectivity index (χ3v) is 12.8. The van der Waals surface area contributed by atoms with Crippen molar-refractivity contribution in [1.29, 1.82) is 0 Å². The monoisotopic (exact) mass is 837 g/mol. The van der Waals surface area contributed by atoms with Crippen molar-refractivity contribution in [2.45, 2.75) is 107 Å². The van der Waals surface area contributed by atoms with E-state index in [1.807, 2.05) is 13.0 Å². The van der Waals surface area contributed by atoms with Gasteiger partial charge in [0.1, 0.15) is 46.8 Å². The highest BCUT2D eigenvalue weighted by Crippen LogP contribution is 2.49. The summed E-state index contributed by atoms with van der Waals surface area (Å²) in [5.41, 5.74) is -1.29. The van der Waals surface area contributed by atoms with Gasteiger partial charge < -0.3 is 33.7 Å². The van der Waals surface area contributed by atoms with Crippen molar-refractivity contribution in [3.63, 3.8) is 0 Å². The molecule has 1 aromatic carbocycles. The molecule has 0 aliphatic carbocycles. The molecule has 4 bridgehead atoms. The molecule has 12 nitrogen and oxygen atoms in total. The molecule has 18 heteroatoms. The summed E-state index contributed by atoms with van der Waals surface area (Å²) in [4.78, 5) is 43.0. The first-order valence-corrected chi connectivity index (χ1v) is 20.8. The summed E-state index contributed by atoms with van der Waals surface area (Å²) >= 11 is 6.73. The van der Waals surface area contributed by atoms with Gasteiger partial charge in [-0.25, -0.2) is 4.79 Å². The maximum atomic E-state index is 14.2. The van der Waals surface area contributed by atoms with Crippen LogP contribution in [0.5, 0.6) is 5.75 Å². The van der Waals surface area contributed by atoms with Gasteiger partial charge >= 0.3 is 18.2 Å². The number of fused-ring (bicyclic) bond motifs is 5. The Morgan fingerprint density at radius 3 is 2.58 bits per heavy atom. The van der Waals surface area contributed by atoms with E-state index in [1.165, 1.54) is 61.7 Å². The number of methoxy groups -OCH3 is 2. The minimum absolute atomic E-state index is 0.118. The van der Waals surface area contributed by atoms with Crippen molar-refractivity contribution in [1.82, 2.24) is 10.2 Å². The van der Waals surface area contributed by atoms with Gasteiger partial charge in [0.05, 0.1) is 25.3 Å². The van der Waals surface area contributed by atoms with Gasteiger partial charge in [-0.3, -0.25) is 19.8 Å². The van der Waals surface area contributed by atoms with Gasteiger partial charge in [0.2, 0.25) is 5.91 Å². The number of allylic oxidation sites excluding steroid dienone is 3. The number of aliphatic hydroxyl groups is 1. The van der Waals surface area contributed by atoms with Crippen molar-refractivity contribution in [2.75, 3.05) is 45.2 Å². The molecule has 2 saturated heterocycles. The number of benzene rings is 1. The van der Waals surface area contributed by atoms with Gasteiger partial charge in [-0.05, 0) is 64.6 Å². The molecule has 308 valence electrons. The molecule has 0 saturated carbocycles. The molecule has 2 N–H and O–H groups in total. The molecule has 3 aliphatic heterocycles. The van der Waals surface area contributed by atoms with Gasteiger partial charge in [-0.1, -0.05) is 63.9 Å². The fourth-order valence-corrected chi connectivity index (χ4v) is 8.71. The van der Waals surface area contributed by atoms with E-state index in [-0.39, 0.29) is 23.6 Å². The molecule has 4 rings (SSSR count). The second-order valence-corrected chi connectivity index (χ2v) is 17.5. The topological polar surface area (TPSA) is 139 Å². The number of likely N-dealkylation sites (N-methyl/N-ethyl adjacent to an activating group) is 1. The Kier molecular flexibility index (Phi) is 15.0. The number of ether oxygens (including phenoxy) is 5. The van der Waals surface area contributed by atoms with E-state index in [9.17, 15) is 32.7 Å². The Morgan fingerprint density at radius 1 is 1.27 bits per heavy atom. The lowest BCUT2D eigenvalue weighted by atomic mass is 9.83. The van der Waals surface area contributed by atoms with E-state index in [2.05, 4.69) is 5.32 Å². The smallest absolute Gasteiger partial charge is 0.409 e. The van der Waals surface area contributed by atoms with E-state index in [1.54, 1.807) is 44.4 Å². The van der Waals surface area contributed by atoms with Crippen LogP contribution in [0.15, 0.2) is 35.9 Å². The first kappa shape index (κ1) is 45.0. The number of epoxide rings is 1. The van der Waals surface area contributed by atoms with Gasteiger partial charge in [0.25, 0.3) is 0 Å². The molecule has 3 heterocycles. The lowest BCUT2D eigenvalue weighted by molar-refractivity contribution is -0.191. The molecule has 9 atom stereocenters. The van der Waals surface area contributed by atoms with Gasteiger partial charge in [-0.2, -0.15) is 13.2 Å². The van der Waals surface area contributed by atoms with Crippen LogP contribution in [0.25, 0.3) is 0 Å². The quantitative estimate of drug-likeness (QED) is 0.118. The molecular weight excluding hydrogens is 787 g/mol. The molecular formula is C37H51ClF3N3O9S2. The third-order valence-electron chi connectivity index (χ3n) is 10.6. The van der Waals surface area contributed by atoms with Crippen LogP contribution < -0.4 is 15.0 Å². The van der Waals surface area contributed by atoms with Crippen molar-refractivity contribution >= 4 is 56.8 Å². The number of amides is 2. The number of alkyl carbamates (subject to hydrolysis) is 1. The highest BCUT2D eigenvalue weighted by Gasteiger charge is 2.64.